The van der Waals surface area contributed by atoms with Gasteiger partial charge in [-0.2, -0.15) is 0 Å². The fraction of sp³-hybridized carbons (Fsp3) is 0.273. The zero-order chi connectivity index (χ0) is 22.0. The molecule has 0 aliphatic heterocycles. The maximum absolute atomic E-state index is 13.7. The first-order valence-corrected chi connectivity index (χ1v) is 8.79. The molecule has 0 aliphatic rings. The number of para-hydroxylation sites is 1. The van der Waals surface area contributed by atoms with Crippen molar-refractivity contribution in [2.45, 2.75) is 26.7 Å². The van der Waals surface area contributed by atoms with Crippen molar-refractivity contribution in [3.8, 4) is 12.3 Å². The number of halogens is 3. The second kappa shape index (κ2) is 11.5. The summed E-state index contributed by atoms with van der Waals surface area (Å²) in [6.45, 7) is 2.90. The van der Waals surface area contributed by atoms with E-state index < -0.39 is 23.4 Å². The van der Waals surface area contributed by atoms with Crippen LogP contribution in [0.25, 0.3) is 0 Å². The van der Waals surface area contributed by atoms with Gasteiger partial charge in [-0.3, -0.25) is 9.59 Å². The predicted octanol–water partition coefficient (Wildman–Crippen LogP) is 4.47. The Balaban J connectivity index is 0.00000132. The second-order valence-electron chi connectivity index (χ2n) is 6.12. The van der Waals surface area contributed by atoms with Crippen LogP contribution in [0, 0.1) is 29.8 Å². The molecule has 0 amide bonds. The highest BCUT2D eigenvalue weighted by molar-refractivity contribution is 6.00. The number of terminal acetylenes is 1. The Hall–Kier alpha value is -3.27. The number of hydrogen-bond donors (Lipinski definition) is 1. The molecule has 2 rings (SSSR count). The Morgan fingerprint density at radius 3 is 2.31 bits per heavy atom. The first-order valence-electron chi connectivity index (χ1n) is 8.79. The molecule has 0 saturated heterocycles. The van der Waals surface area contributed by atoms with Crippen molar-refractivity contribution in [2.24, 2.45) is 0 Å². The van der Waals surface area contributed by atoms with Gasteiger partial charge in [0, 0.05) is 17.8 Å². The van der Waals surface area contributed by atoms with E-state index in [1.54, 1.807) is 31.2 Å². The SMILES string of the molecule is C#CC.CC(=O)c1ccccc1N(CCCc1ccc(F)c(F)c1F)CC(=O)O. The monoisotopic (exact) mass is 405 g/mol. The molecule has 0 aliphatic carbocycles. The molecule has 0 heterocycles. The fourth-order valence-electron chi connectivity index (χ4n) is 2.71. The van der Waals surface area contributed by atoms with E-state index >= 15 is 0 Å². The van der Waals surface area contributed by atoms with Crippen LogP contribution in [0.4, 0.5) is 18.9 Å². The summed E-state index contributed by atoms with van der Waals surface area (Å²) in [5.74, 6) is -3.05. The predicted molar refractivity (Wildman–Crippen MR) is 105 cm³/mol. The van der Waals surface area contributed by atoms with E-state index in [1.807, 2.05) is 0 Å². The number of rotatable bonds is 8. The van der Waals surface area contributed by atoms with Crippen LogP contribution in [0.1, 0.15) is 36.2 Å². The molecule has 1 N–H and O–H groups in total. The van der Waals surface area contributed by atoms with Crippen molar-refractivity contribution in [2.75, 3.05) is 18.0 Å². The van der Waals surface area contributed by atoms with Crippen LogP contribution in [0.2, 0.25) is 0 Å². The third-order valence-electron chi connectivity index (χ3n) is 3.94. The summed E-state index contributed by atoms with van der Waals surface area (Å²) in [5.41, 5.74) is 0.861. The average Bonchev–Trinajstić information content (AvgIpc) is 2.67. The molecule has 2 aromatic carbocycles. The highest BCUT2D eigenvalue weighted by Crippen LogP contribution is 2.22. The first-order chi connectivity index (χ1) is 13.7. The van der Waals surface area contributed by atoms with Gasteiger partial charge in [0.05, 0.1) is 0 Å². The molecule has 154 valence electrons. The molecule has 0 aromatic heterocycles. The van der Waals surface area contributed by atoms with Gasteiger partial charge in [-0.25, -0.2) is 13.2 Å². The van der Waals surface area contributed by atoms with Crippen molar-refractivity contribution in [1.82, 2.24) is 0 Å². The third kappa shape index (κ3) is 7.00. The van der Waals surface area contributed by atoms with Gasteiger partial charge in [0.25, 0.3) is 0 Å². The average molecular weight is 405 g/mol. The molecule has 0 unspecified atom stereocenters. The van der Waals surface area contributed by atoms with Gasteiger partial charge in [0.2, 0.25) is 0 Å². The Morgan fingerprint density at radius 1 is 1.10 bits per heavy atom. The van der Waals surface area contributed by atoms with E-state index in [1.165, 1.54) is 17.9 Å². The lowest BCUT2D eigenvalue weighted by Crippen LogP contribution is -2.32. The molecule has 0 saturated carbocycles. The number of aryl methyl sites for hydroxylation is 1. The van der Waals surface area contributed by atoms with Gasteiger partial charge >= 0.3 is 5.97 Å². The summed E-state index contributed by atoms with van der Waals surface area (Å²) in [6, 6.07) is 8.62. The van der Waals surface area contributed by atoms with E-state index in [2.05, 4.69) is 12.3 Å². The highest BCUT2D eigenvalue weighted by atomic mass is 19.2. The van der Waals surface area contributed by atoms with Crippen molar-refractivity contribution in [3.63, 3.8) is 0 Å². The van der Waals surface area contributed by atoms with Crippen LogP contribution in [0.15, 0.2) is 36.4 Å². The number of ketones is 1. The van der Waals surface area contributed by atoms with E-state index in [4.69, 9.17) is 5.11 Å². The van der Waals surface area contributed by atoms with Gasteiger partial charge in [0.15, 0.2) is 23.2 Å². The Morgan fingerprint density at radius 2 is 1.72 bits per heavy atom. The van der Waals surface area contributed by atoms with E-state index in [0.29, 0.717) is 17.7 Å². The number of carbonyl (C=O) groups excluding carboxylic acids is 1. The molecular weight excluding hydrogens is 383 g/mol. The number of Topliss-reactive ketones (excluding diaryl/α,β-unsaturated/α-hetero) is 1. The number of nitrogens with zero attached hydrogens (tertiary/aromatic N) is 1. The van der Waals surface area contributed by atoms with E-state index in [-0.39, 0.29) is 30.9 Å². The molecule has 0 radical (unpaired) electrons. The molecule has 0 spiro atoms. The van der Waals surface area contributed by atoms with Crippen LogP contribution in [0.3, 0.4) is 0 Å². The van der Waals surface area contributed by atoms with Gasteiger partial charge in [-0.1, -0.05) is 18.2 Å². The number of aliphatic carboxylic acids is 1. The number of hydrogen-bond acceptors (Lipinski definition) is 3. The van der Waals surface area contributed by atoms with Crippen LogP contribution < -0.4 is 4.90 Å². The number of carboxylic acids is 1. The van der Waals surface area contributed by atoms with Gasteiger partial charge in [-0.05, 0) is 50.5 Å². The van der Waals surface area contributed by atoms with Crippen molar-refractivity contribution >= 4 is 17.4 Å². The Labute approximate surface area is 168 Å². The quantitative estimate of drug-likeness (QED) is 0.400. The van der Waals surface area contributed by atoms with Crippen LogP contribution in [-0.4, -0.2) is 29.9 Å². The van der Waals surface area contributed by atoms with Crippen molar-refractivity contribution < 1.29 is 27.9 Å². The molecule has 7 heteroatoms. The Bertz CT molecular complexity index is 907. The van der Waals surface area contributed by atoms with E-state index in [9.17, 15) is 22.8 Å². The smallest absolute Gasteiger partial charge is 0.323 e. The lowest BCUT2D eigenvalue weighted by atomic mass is 10.1. The van der Waals surface area contributed by atoms with Gasteiger partial charge < -0.3 is 10.0 Å². The lowest BCUT2D eigenvalue weighted by molar-refractivity contribution is -0.135. The molecule has 29 heavy (non-hydrogen) atoms. The first kappa shape index (κ1) is 23.8. The minimum atomic E-state index is -1.52. The molecule has 2 aromatic rings. The van der Waals surface area contributed by atoms with Crippen LogP contribution >= 0.6 is 0 Å². The molecule has 0 bridgehead atoms. The maximum atomic E-state index is 13.7. The maximum Gasteiger partial charge on any atom is 0.323 e. The van der Waals surface area contributed by atoms with E-state index in [0.717, 1.165) is 6.07 Å². The summed E-state index contributed by atoms with van der Waals surface area (Å²) in [7, 11) is 0. The highest BCUT2D eigenvalue weighted by Gasteiger charge is 2.17. The number of carboxylic acid groups (broad SMARTS) is 1. The van der Waals surface area contributed by atoms with Crippen LogP contribution in [-0.2, 0) is 11.2 Å². The minimum Gasteiger partial charge on any atom is -0.480 e. The summed E-state index contributed by atoms with van der Waals surface area (Å²) in [4.78, 5) is 24.4. The normalized spacial score (nSPS) is 9.79. The zero-order valence-corrected chi connectivity index (χ0v) is 16.2. The summed E-state index contributed by atoms with van der Waals surface area (Å²) in [6.07, 6.45) is 4.99. The zero-order valence-electron chi connectivity index (χ0n) is 16.2. The standard InChI is InChI=1S/C19H18F3NO3.C3H4/c1-12(24)14-6-2-3-7-16(14)23(11-17(25)26)10-4-5-13-8-9-15(20)19(22)18(13)21;1-3-2/h2-3,6-9H,4-5,10-11H2,1H3,(H,25,26);1H,2H3. The van der Waals surface area contributed by atoms with Crippen molar-refractivity contribution in [1.29, 1.82) is 0 Å². The lowest BCUT2D eigenvalue weighted by Gasteiger charge is -2.25. The fourth-order valence-corrected chi connectivity index (χ4v) is 2.71. The van der Waals surface area contributed by atoms with Gasteiger partial charge in [-0.15, -0.1) is 12.3 Å². The Kier molecular flexibility index (Phi) is 9.46. The molecular formula is C22H22F3NO3. The second-order valence-corrected chi connectivity index (χ2v) is 6.12. The number of anilines is 1. The largest absolute Gasteiger partial charge is 0.480 e. The molecule has 4 nitrogen and oxygen atoms in total. The minimum absolute atomic E-state index is 0.0130. The van der Waals surface area contributed by atoms with Gasteiger partial charge in [0.1, 0.15) is 6.54 Å². The third-order valence-corrected chi connectivity index (χ3v) is 3.94. The number of benzene rings is 2. The summed E-state index contributed by atoms with van der Waals surface area (Å²) >= 11 is 0. The van der Waals surface area contributed by atoms with Crippen LogP contribution in [0.5, 0.6) is 0 Å². The van der Waals surface area contributed by atoms with Crippen molar-refractivity contribution in [3.05, 3.63) is 65.0 Å². The molecule has 0 fully saturated rings. The summed E-state index contributed by atoms with van der Waals surface area (Å²) < 4.78 is 40.0. The topological polar surface area (TPSA) is 57.6 Å². The summed E-state index contributed by atoms with van der Waals surface area (Å²) in [5, 5.41) is 9.12. The molecule has 0 atom stereocenters. The number of carbonyl (C=O) groups is 2.